The molecule has 2 aromatic carbocycles. The number of para-hydroxylation sites is 1. The topological polar surface area (TPSA) is 91.4 Å². The van der Waals surface area contributed by atoms with Crippen molar-refractivity contribution in [3.8, 4) is 5.75 Å². The van der Waals surface area contributed by atoms with E-state index in [1.807, 2.05) is 30.3 Å². The molecule has 0 unspecified atom stereocenters. The van der Waals surface area contributed by atoms with Crippen LogP contribution in [0.3, 0.4) is 0 Å². The van der Waals surface area contributed by atoms with E-state index < -0.39 is 7.14 Å². The molecule has 2 saturated heterocycles. The Morgan fingerprint density at radius 3 is 2.49 bits per heavy atom. The van der Waals surface area contributed by atoms with E-state index >= 15 is 0 Å². The Balaban J connectivity index is 1.29. The van der Waals surface area contributed by atoms with Gasteiger partial charge < -0.3 is 30.2 Å². The number of piperidine rings is 2. The van der Waals surface area contributed by atoms with E-state index in [0.717, 1.165) is 49.0 Å². The Hall–Kier alpha value is -2.64. The van der Waals surface area contributed by atoms with Gasteiger partial charge in [-0.3, -0.25) is 0 Å². The predicted octanol–water partition coefficient (Wildman–Crippen LogP) is 5.81. The first kappa shape index (κ1) is 27.9. The van der Waals surface area contributed by atoms with Crippen molar-refractivity contribution in [1.29, 1.82) is 0 Å². The summed E-state index contributed by atoms with van der Waals surface area (Å²) < 4.78 is 18.5. The summed E-state index contributed by atoms with van der Waals surface area (Å²) in [6, 6.07) is 14.6. The largest absolute Gasteiger partial charge is 0.495 e. The van der Waals surface area contributed by atoms with Gasteiger partial charge in [0.15, 0.2) is 5.82 Å². The second-order valence-corrected chi connectivity index (χ2v) is 14.4. The van der Waals surface area contributed by atoms with E-state index in [1.165, 1.54) is 31.2 Å². The molecule has 0 spiro atoms. The van der Waals surface area contributed by atoms with Crippen LogP contribution in [0.4, 0.5) is 23.1 Å². The minimum Gasteiger partial charge on any atom is -0.495 e. The number of methoxy groups -OCH3 is 1. The van der Waals surface area contributed by atoms with Crippen molar-refractivity contribution in [3.05, 3.63) is 59.2 Å². The van der Waals surface area contributed by atoms with Crippen molar-refractivity contribution in [1.82, 2.24) is 20.2 Å². The summed E-state index contributed by atoms with van der Waals surface area (Å²) in [7, 11) is -0.814. The number of halogens is 1. The lowest BCUT2D eigenvalue weighted by molar-refractivity contribution is 0.127. The van der Waals surface area contributed by atoms with Crippen LogP contribution in [0.15, 0.2) is 48.7 Å². The number of aromatic nitrogens is 2. The standard InChI is InChI=1S/C29H38ClN6O2P/c1-38-26-18-21(20-12-16-36(17-13-20)22-10-14-31-15-11-22)8-9-24(26)34-29-32-19-23(30)28(35-29)33-25-6-4-5-7-27(25)39(2,3)37/h4-9,18-20,22,31H,10-17H2,1-3H3,(H2,32,33,34,35). The second kappa shape index (κ2) is 12.3. The van der Waals surface area contributed by atoms with E-state index in [4.69, 9.17) is 16.3 Å². The van der Waals surface area contributed by atoms with Crippen LogP contribution in [0, 0.1) is 0 Å². The first-order valence-corrected chi connectivity index (χ1v) is 16.6. The van der Waals surface area contributed by atoms with E-state index in [2.05, 4.69) is 43.0 Å². The molecule has 8 nitrogen and oxygen atoms in total. The molecular formula is C29H38ClN6O2P. The third-order valence-corrected chi connectivity index (χ3v) is 9.61. The predicted molar refractivity (Wildman–Crippen MR) is 162 cm³/mol. The van der Waals surface area contributed by atoms with Gasteiger partial charge in [-0.25, -0.2) is 4.98 Å². The SMILES string of the molecule is COc1cc(C2CCN(C3CCNCC3)CC2)ccc1Nc1ncc(Cl)c(Nc2ccccc2P(C)(C)=O)n1. The first-order chi connectivity index (χ1) is 18.8. The van der Waals surface area contributed by atoms with Gasteiger partial charge in [0.1, 0.15) is 17.9 Å². The van der Waals surface area contributed by atoms with Crippen molar-refractivity contribution >= 4 is 47.2 Å². The van der Waals surface area contributed by atoms with Crippen LogP contribution >= 0.6 is 18.7 Å². The Kier molecular flexibility index (Phi) is 8.77. The van der Waals surface area contributed by atoms with Crippen molar-refractivity contribution in [2.24, 2.45) is 0 Å². The number of ether oxygens (including phenoxy) is 1. The average Bonchev–Trinajstić information content (AvgIpc) is 2.95. The van der Waals surface area contributed by atoms with Gasteiger partial charge in [0.05, 0.1) is 24.7 Å². The summed E-state index contributed by atoms with van der Waals surface area (Å²) in [5.41, 5.74) is 2.81. The zero-order valence-corrected chi connectivity index (χ0v) is 24.6. The summed E-state index contributed by atoms with van der Waals surface area (Å²) in [5, 5.41) is 11.1. The Labute approximate surface area is 236 Å². The fraction of sp³-hybridized carbons (Fsp3) is 0.448. The summed E-state index contributed by atoms with van der Waals surface area (Å²) in [4.78, 5) is 11.7. The molecule has 3 aromatic rings. The Bertz CT molecular complexity index is 1340. The lowest BCUT2D eigenvalue weighted by Crippen LogP contribution is -2.46. The van der Waals surface area contributed by atoms with Gasteiger partial charge in [0.25, 0.3) is 0 Å². The molecule has 0 amide bonds. The number of rotatable bonds is 8. The van der Waals surface area contributed by atoms with Crippen molar-refractivity contribution < 1.29 is 9.30 Å². The molecule has 3 N–H and O–H groups in total. The van der Waals surface area contributed by atoms with E-state index in [0.29, 0.717) is 28.4 Å². The van der Waals surface area contributed by atoms with Crippen molar-refractivity contribution in [3.63, 3.8) is 0 Å². The zero-order valence-electron chi connectivity index (χ0n) is 22.9. The number of benzene rings is 2. The molecule has 2 aliphatic heterocycles. The van der Waals surface area contributed by atoms with Crippen LogP contribution in [0.1, 0.15) is 37.2 Å². The van der Waals surface area contributed by atoms with Gasteiger partial charge in [0.2, 0.25) is 5.95 Å². The van der Waals surface area contributed by atoms with Gasteiger partial charge in [0, 0.05) is 11.3 Å². The minimum atomic E-state index is -2.50. The molecule has 1 aromatic heterocycles. The highest BCUT2D eigenvalue weighted by atomic mass is 35.5. The first-order valence-electron chi connectivity index (χ1n) is 13.7. The molecule has 2 aliphatic rings. The van der Waals surface area contributed by atoms with Gasteiger partial charge in [-0.05, 0) is 101 Å². The fourth-order valence-electron chi connectivity index (χ4n) is 5.65. The highest BCUT2D eigenvalue weighted by molar-refractivity contribution is 7.70. The molecule has 0 bridgehead atoms. The quantitative estimate of drug-likeness (QED) is 0.294. The molecule has 0 aliphatic carbocycles. The zero-order chi connectivity index (χ0) is 27.4. The maximum absolute atomic E-state index is 12.8. The third-order valence-electron chi connectivity index (χ3n) is 7.78. The third kappa shape index (κ3) is 6.75. The van der Waals surface area contributed by atoms with E-state index in [-0.39, 0.29) is 0 Å². The maximum Gasteiger partial charge on any atom is 0.229 e. The molecule has 208 valence electrons. The van der Waals surface area contributed by atoms with Gasteiger partial charge in [-0.1, -0.05) is 29.8 Å². The number of anilines is 4. The monoisotopic (exact) mass is 568 g/mol. The van der Waals surface area contributed by atoms with Gasteiger partial charge >= 0.3 is 0 Å². The highest BCUT2D eigenvalue weighted by Crippen LogP contribution is 2.39. The summed E-state index contributed by atoms with van der Waals surface area (Å²) >= 11 is 6.43. The number of nitrogens with one attached hydrogen (secondary N) is 3. The normalized spacial score (nSPS) is 17.6. The van der Waals surface area contributed by atoms with Crippen molar-refractivity contribution in [2.45, 2.75) is 37.6 Å². The maximum atomic E-state index is 12.8. The van der Waals surface area contributed by atoms with Crippen LogP contribution in [-0.4, -0.2) is 67.5 Å². The average molecular weight is 569 g/mol. The van der Waals surface area contributed by atoms with Gasteiger partial charge in [-0.15, -0.1) is 0 Å². The molecule has 0 atom stereocenters. The van der Waals surface area contributed by atoms with E-state index in [9.17, 15) is 4.57 Å². The lowest BCUT2D eigenvalue weighted by Gasteiger charge is -2.39. The minimum absolute atomic E-state index is 0.371. The number of hydrogen-bond donors (Lipinski definition) is 3. The van der Waals surface area contributed by atoms with Crippen molar-refractivity contribution in [2.75, 3.05) is 57.3 Å². The number of nitrogens with zero attached hydrogens (tertiary/aromatic N) is 3. The van der Waals surface area contributed by atoms with Crippen LogP contribution in [0.2, 0.25) is 5.02 Å². The summed E-state index contributed by atoms with van der Waals surface area (Å²) in [6.45, 7) is 8.07. The smallest absolute Gasteiger partial charge is 0.229 e. The summed E-state index contributed by atoms with van der Waals surface area (Å²) in [5.74, 6) is 2.11. The fourth-order valence-corrected chi connectivity index (χ4v) is 6.94. The molecule has 0 saturated carbocycles. The molecular weight excluding hydrogens is 531 g/mol. The highest BCUT2D eigenvalue weighted by Gasteiger charge is 2.27. The van der Waals surface area contributed by atoms with Crippen LogP contribution in [0.5, 0.6) is 5.75 Å². The van der Waals surface area contributed by atoms with Crippen LogP contribution < -0.4 is 26.0 Å². The van der Waals surface area contributed by atoms with Crippen LogP contribution in [-0.2, 0) is 4.57 Å². The molecule has 3 heterocycles. The van der Waals surface area contributed by atoms with Crippen LogP contribution in [0.25, 0.3) is 0 Å². The second-order valence-electron chi connectivity index (χ2n) is 10.8. The Morgan fingerprint density at radius 2 is 1.77 bits per heavy atom. The molecule has 0 radical (unpaired) electrons. The number of hydrogen-bond acceptors (Lipinski definition) is 8. The molecule has 2 fully saturated rings. The Morgan fingerprint density at radius 1 is 1.03 bits per heavy atom. The van der Waals surface area contributed by atoms with Gasteiger partial charge in [-0.2, -0.15) is 4.98 Å². The summed E-state index contributed by atoms with van der Waals surface area (Å²) in [6.07, 6.45) is 6.40. The lowest BCUT2D eigenvalue weighted by atomic mass is 9.88. The molecule has 39 heavy (non-hydrogen) atoms. The molecule has 5 rings (SSSR count). The van der Waals surface area contributed by atoms with E-state index in [1.54, 1.807) is 26.6 Å². The number of likely N-dealkylation sites (tertiary alicyclic amines) is 1. The molecule has 10 heteroatoms.